The van der Waals surface area contributed by atoms with E-state index in [1.165, 1.54) is 83.3 Å². The minimum absolute atomic E-state index is 0.0912. The molecule has 0 aliphatic heterocycles. The van der Waals surface area contributed by atoms with Gasteiger partial charge in [-0.15, -0.1) is 0 Å². The van der Waals surface area contributed by atoms with Crippen LogP contribution < -0.4 is 15.7 Å². The summed E-state index contributed by atoms with van der Waals surface area (Å²) in [6.45, 7) is 2.97. The topological polar surface area (TPSA) is 162 Å². The predicted octanol–water partition coefficient (Wildman–Crippen LogP) is 9.64. The van der Waals surface area contributed by atoms with Crippen molar-refractivity contribution in [2.45, 2.75) is 174 Å². The zero-order chi connectivity index (χ0) is 41.9. The summed E-state index contributed by atoms with van der Waals surface area (Å²) in [6, 6.07) is -1.40. The van der Waals surface area contributed by atoms with Crippen molar-refractivity contribution in [3.05, 3.63) is 85.3 Å². The summed E-state index contributed by atoms with van der Waals surface area (Å²) >= 11 is 0. The normalized spacial score (nSPS) is 14.7. The van der Waals surface area contributed by atoms with E-state index < -0.39 is 45.1 Å². The maximum absolute atomic E-state index is 12.6. The highest BCUT2D eigenvalue weighted by atomic mass is 31.2. The van der Waals surface area contributed by atoms with Crippen LogP contribution >= 0.6 is 7.82 Å². The van der Waals surface area contributed by atoms with Crippen LogP contribution in [0.1, 0.15) is 162 Å². The van der Waals surface area contributed by atoms with Crippen LogP contribution in [0.2, 0.25) is 0 Å². The Kier molecular flexibility index (Phi) is 39.0. The Balaban J connectivity index is 4.44. The summed E-state index contributed by atoms with van der Waals surface area (Å²) in [6.07, 6.45) is 52.9. The Bertz CT molecular complexity index is 1220. The van der Waals surface area contributed by atoms with Crippen molar-refractivity contribution < 1.29 is 48.4 Å². The van der Waals surface area contributed by atoms with Crippen molar-refractivity contribution in [1.29, 1.82) is 0 Å². The average Bonchev–Trinajstić information content (AvgIpc) is 3.19. The number of allylic oxidation sites excluding steroid dienone is 13. The lowest BCUT2D eigenvalue weighted by Gasteiger charge is -2.26. The quantitative estimate of drug-likeness (QED) is 0.0209. The van der Waals surface area contributed by atoms with Crippen LogP contribution in [0.15, 0.2) is 85.3 Å². The molecular formula is C46H77NO9P-. The van der Waals surface area contributed by atoms with Crippen molar-refractivity contribution in [2.24, 2.45) is 0 Å². The van der Waals surface area contributed by atoms with Gasteiger partial charge in [0.05, 0.1) is 12.9 Å². The molecule has 3 atom stereocenters. The molecule has 10 nitrogen and oxygen atoms in total. The summed E-state index contributed by atoms with van der Waals surface area (Å²) in [5.74, 6) is -2.09. The number of phosphoric ester groups is 1. The van der Waals surface area contributed by atoms with Crippen molar-refractivity contribution in [3.63, 3.8) is 0 Å². The van der Waals surface area contributed by atoms with E-state index in [0.717, 1.165) is 57.8 Å². The minimum atomic E-state index is -4.89. The Morgan fingerprint density at radius 1 is 0.579 bits per heavy atom. The van der Waals surface area contributed by atoms with Crippen LogP contribution in [0.4, 0.5) is 0 Å². The zero-order valence-corrected chi connectivity index (χ0v) is 36.3. The van der Waals surface area contributed by atoms with Crippen molar-refractivity contribution in [2.75, 3.05) is 19.8 Å². The van der Waals surface area contributed by atoms with Crippen LogP contribution in [0, 0.1) is 0 Å². The molecule has 57 heavy (non-hydrogen) atoms. The number of esters is 1. The highest BCUT2D eigenvalue weighted by Gasteiger charge is 2.21. The van der Waals surface area contributed by atoms with Gasteiger partial charge in [-0.1, -0.05) is 170 Å². The molecule has 0 saturated carbocycles. The molecule has 0 bridgehead atoms. The Morgan fingerprint density at radius 3 is 1.49 bits per heavy atom. The number of carboxylic acid groups (broad SMARTS) is 1. The van der Waals surface area contributed by atoms with E-state index in [9.17, 15) is 24.2 Å². The number of quaternary nitrogens is 1. The molecule has 0 fully saturated rings. The molecule has 0 radical (unpaired) electrons. The first-order valence-electron chi connectivity index (χ1n) is 21.7. The molecule has 0 rings (SSSR count). The first-order valence-corrected chi connectivity index (χ1v) is 23.2. The Hall–Kier alpha value is -3.01. The molecule has 0 amide bonds. The number of phosphoric acid groups is 1. The number of hydrogen-bond acceptors (Lipinski definition) is 9. The predicted molar refractivity (Wildman–Crippen MR) is 229 cm³/mol. The SMILES string of the molecule is CC/C=C\C/C=C\C/C=C\C/C=C\C/C=C\C/C=C\CCC(=O)O[C@H](CO/C=C\CCCCCCCCCCCCCCCC)COP(=O)([O-])OC[C@H]([NH3+])C(=O)[O-]. The molecule has 0 aromatic heterocycles. The molecule has 0 aromatic rings. The zero-order valence-electron chi connectivity index (χ0n) is 35.5. The summed E-state index contributed by atoms with van der Waals surface area (Å²) in [4.78, 5) is 35.6. The average molecular weight is 819 g/mol. The maximum Gasteiger partial charge on any atom is 0.306 e. The number of aliphatic carboxylic acids is 1. The van der Waals surface area contributed by atoms with E-state index in [2.05, 4.69) is 84.9 Å². The number of unbranched alkanes of at least 4 members (excludes halogenated alkanes) is 14. The standard InChI is InChI=1S/C46H78NO9P/c1-3-5-7-9-11-13-15-17-19-21-22-23-24-26-28-30-32-34-36-38-45(48)56-43(41-54-57(51,52)55-42-44(47)46(49)50)40-53-39-37-35-33-31-29-27-25-20-18-16-14-12-10-8-6-4-2/h5,7,11,13,17,19,22-23,26,28,32,34,37,39,43-44H,3-4,6,8-10,12,14-16,18,20-21,24-25,27,29-31,33,35-36,38,40-42,47H2,1-2H3,(H,49,50)(H,51,52)/p-1/b7-5-,13-11-,19-17-,23-22-,28-26-,34-32-,39-37-/t43-,44+/m1/s1. The van der Waals surface area contributed by atoms with Gasteiger partial charge < -0.3 is 39.0 Å². The number of ether oxygens (including phenoxy) is 2. The van der Waals surface area contributed by atoms with Gasteiger partial charge in [0.2, 0.25) is 0 Å². The summed E-state index contributed by atoms with van der Waals surface area (Å²) in [5.41, 5.74) is 3.26. The molecule has 0 aromatic carbocycles. The van der Waals surface area contributed by atoms with E-state index in [1.807, 2.05) is 18.2 Å². The van der Waals surface area contributed by atoms with Gasteiger partial charge in [0.15, 0.2) is 6.10 Å². The lowest BCUT2D eigenvalue weighted by Crippen LogP contribution is -2.70. The number of carbonyl (C=O) groups excluding carboxylic acids is 2. The molecular weight excluding hydrogens is 741 g/mol. The number of hydrogen-bond donors (Lipinski definition) is 1. The highest BCUT2D eigenvalue weighted by molar-refractivity contribution is 7.45. The van der Waals surface area contributed by atoms with Gasteiger partial charge in [-0.05, 0) is 63.9 Å². The maximum atomic E-state index is 12.6. The van der Waals surface area contributed by atoms with Gasteiger partial charge >= 0.3 is 5.97 Å². The summed E-state index contributed by atoms with van der Waals surface area (Å²) in [7, 11) is -4.89. The second-order valence-corrected chi connectivity index (χ2v) is 15.6. The number of carboxylic acids is 1. The fraction of sp³-hybridized carbons (Fsp3) is 0.652. The van der Waals surface area contributed by atoms with Crippen LogP contribution in [0.25, 0.3) is 0 Å². The largest absolute Gasteiger partial charge is 0.756 e. The molecule has 1 unspecified atom stereocenters. The molecule has 11 heteroatoms. The van der Waals surface area contributed by atoms with Gasteiger partial charge in [0, 0.05) is 6.42 Å². The van der Waals surface area contributed by atoms with Crippen LogP contribution in [-0.4, -0.2) is 43.9 Å². The smallest absolute Gasteiger partial charge is 0.306 e. The second-order valence-electron chi connectivity index (χ2n) is 14.2. The van der Waals surface area contributed by atoms with Crippen LogP contribution in [0.3, 0.4) is 0 Å². The van der Waals surface area contributed by atoms with Crippen LogP contribution in [0.5, 0.6) is 0 Å². The van der Waals surface area contributed by atoms with Crippen molar-refractivity contribution in [1.82, 2.24) is 0 Å². The first-order chi connectivity index (χ1) is 27.7. The van der Waals surface area contributed by atoms with E-state index in [1.54, 1.807) is 0 Å². The molecule has 0 saturated heterocycles. The fourth-order valence-electron chi connectivity index (χ4n) is 5.42. The lowest BCUT2D eigenvalue weighted by molar-refractivity contribution is -0.441. The van der Waals surface area contributed by atoms with Gasteiger partial charge in [0.1, 0.15) is 25.2 Å². The van der Waals surface area contributed by atoms with Crippen molar-refractivity contribution in [3.8, 4) is 0 Å². The molecule has 0 heterocycles. The minimum Gasteiger partial charge on any atom is -0.756 e. The van der Waals surface area contributed by atoms with Gasteiger partial charge in [-0.3, -0.25) is 9.36 Å². The van der Waals surface area contributed by atoms with E-state index in [4.69, 9.17) is 14.0 Å². The highest BCUT2D eigenvalue weighted by Crippen LogP contribution is 2.38. The molecule has 0 aliphatic carbocycles. The fourth-order valence-corrected chi connectivity index (χ4v) is 6.20. The second kappa shape index (κ2) is 41.2. The third kappa shape index (κ3) is 41.0. The first kappa shape index (κ1) is 54.0. The third-order valence-electron chi connectivity index (χ3n) is 8.79. The monoisotopic (exact) mass is 819 g/mol. The Morgan fingerprint density at radius 2 is 1.02 bits per heavy atom. The summed E-state index contributed by atoms with van der Waals surface area (Å²) in [5, 5.41) is 10.8. The third-order valence-corrected chi connectivity index (χ3v) is 9.72. The summed E-state index contributed by atoms with van der Waals surface area (Å²) < 4.78 is 32.7. The van der Waals surface area contributed by atoms with Gasteiger partial charge in [0.25, 0.3) is 7.82 Å². The van der Waals surface area contributed by atoms with E-state index in [-0.39, 0.29) is 13.0 Å². The van der Waals surface area contributed by atoms with Gasteiger partial charge in [-0.2, -0.15) is 0 Å². The molecule has 0 spiro atoms. The van der Waals surface area contributed by atoms with Crippen LogP contribution in [-0.2, 0) is 32.7 Å². The van der Waals surface area contributed by atoms with E-state index in [0.29, 0.717) is 6.42 Å². The lowest BCUT2D eigenvalue weighted by atomic mass is 10.0. The molecule has 0 aliphatic rings. The van der Waals surface area contributed by atoms with E-state index >= 15 is 0 Å². The van der Waals surface area contributed by atoms with Gasteiger partial charge in [-0.25, -0.2) is 0 Å². The van der Waals surface area contributed by atoms with Crippen molar-refractivity contribution >= 4 is 19.8 Å². The molecule has 3 N–H and O–H groups in total. The molecule has 326 valence electrons. The number of carbonyl (C=O) groups is 2. The number of rotatable bonds is 40. The Labute approximate surface area is 346 Å².